The summed E-state index contributed by atoms with van der Waals surface area (Å²) in [6, 6.07) is 22.8. The molecule has 0 saturated carbocycles. The normalized spacial score (nSPS) is 14.5. The molecular weight excluding hydrogens is 447 g/mol. The van der Waals surface area contributed by atoms with Crippen molar-refractivity contribution in [3.63, 3.8) is 0 Å². The molecule has 0 fully saturated rings. The molecule has 4 heterocycles. The molecule has 0 radical (unpaired) electrons. The standard InChI is InChI=1S/C27H15FN4O3/c28-17-12-10-16(11-13-17)24-30-25-22-20(15-6-2-1-3-7-15)21-23(35-26(22)29-14-32(25)31-24)18-8-4-5-9-19(18)34-27(21)33/h1-14,20H. The summed E-state index contributed by atoms with van der Waals surface area (Å²) in [7, 11) is 0. The molecule has 8 heteroatoms. The summed E-state index contributed by atoms with van der Waals surface area (Å²) in [5, 5.41) is 5.22. The van der Waals surface area contributed by atoms with Gasteiger partial charge in [-0.25, -0.2) is 23.7 Å². The zero-order valence-corrected chi connectivity index (χ0v) is 18.1. The molecule has 168 valence electrons. The third-order valence-electron chi connectivity index (χ3n) is 6.20. The van der Waals surface area contributed by atoms with Crippen LogP contribution in [0.2, 0.25) is 0 Å². The van der Waals surface area contributed by atoms with Gasteiger partial charge in [0.25, 0.3) is 0 Å². The molecule has 0 spiro atoms. The predicted molar refractivity (Wildman–Crippen MR) is 126 cm³/mol. The van der Waals surface area contributed by atoms with Crippen LogP contribution in [0.5, 0.6) is 11.6 Å². The van der Waals surface area contributed by atoms with Gasteiger partial charge < -0.3 is 9.15 Å². The van der Waals surface area contributed by atoms with Crippen LogP contribution in [0, 0.1) is 5.82 Å². The Morgan fingerprint density at radius 3 is 2.49 bits per heavy atom. The van der Waals surface area contributed by atoms with Crippen molar-refractivity contribution in [2.24, 2.45) is 0 Å². The van der Waals surface area contributed by atoms with Crippen LogP contribution in [0.25, 0.3) is 28.0 Å². The van der Waals surface area contributed by atoms with Crippen LogP contribution in [0.4, 0.5) is 4.39 Å². The lowest BCUT2D eigenvalue weighted by Gasteiger charge is -2.27. The largest absolute Gasteiger partial charge is 0.437 e. The smallest absolute Gasteiger partial charge is 0.344 e. The first kappa shape index (κ1) is 19.6. The fraction of sp³-hybridized carbons (Fsp3) is 0.0370. The van der Waals surface area contributed by atoms with Crippen molar-refractivity contribution in [2.45, 2.75) is 5.92 Å². The number of halogens is 1. The lowest BCUT2D eigenvalue weighted by atomic mass is 9.84. The second kappa shape index (κ2) is 7.33. The van der Waals surface area contributed by atoms with Crippen molar-refractivity contribution in [1.29, 1.82) is 0 Å². The Morgan fingerprint density at radius 1 is 0.886 bits per heavy atom. The maximum atomic E-state index is 13.4. The van der Waals surface area contributed by atoms with Crippen molar-refractivity contribution in [2.75, 3.05) is 0 Å². The second-order valence-corrected chi connectivity index (χ2v) is 8.25. The fourth-order valence-electron chi connectivity index (χ4n) is 4.63. The summed E-state index contributed by atoms with van der Waals surface area (Å²) in [6.45, 7) is 0. The van der Waals surface area contributed by atoms with Gasteiger partial charge in [-0.2, -0.15) is 0 Å². The molecule has 1 atom stereocenters. The Balaban J connectivity index is 1.54. The average molecular weight is 462 g/mol. The molecular formula is C27H15FN4O3. The average Bonchev–Trinajstić information content (AvgIpc) is 3.33. The molecule has 0 amide bonds. The highest BCUT2D eigenvalue weighted by atomic mass is 19.1. The monoisotopic (exact) mass is 462 g/mol. The SMILES string of the molecule is O=c1oc2ccccc2c2c1C(c1ccccc1)c1c(ncn3nc(-c4ccc(F)cc4)nc13)O2. The van der Waals surface area contributed by atoms with Gasteiger partial charge in [0.05, 0.1) is 22.4 Å². The molecule has 7 rings (SSSR count). The van der Waals surface area contributed by atoms with Crippen molar-refractivity contribution >= 4 is 16.6 Å². The number of benzene rings is 3. The van der Waals surface area contributed by atoms with Crippen LogP contribution in [0.15, 0.2) is 94.4 Å². The number of aromatic nitrogens is 4. The quantitative estimate of drug-likeness (QED) is 0.323. The molecule has 3 aromatic heterocycles. The zero-order valence-electron chi connectivity index (χ0n) is 18.1. The van der Waals surface area contributed by atoms with Crippen LogP contribution < -0.4 is 10.4 Å². The van der Waals surface area contributed by atoms with Crippen LogP contribution >= 0.6 is 0 Å². The number of fused-ring (bicyclic) bond motifs is 6. The first-order valence-corrected chi connectivity index (χ1v) is 11.0. The van der Waals surface area contributed by atoms with Crippen LogP contribution in [0.1, 0.15) is 22.6 Å². The van der Waals surface area contributed by atoms with Crippen molar-refractivity contribution in [3.05, 3.63) is 118 Å². The maximum absolute atomic E-state index is 13.4. The number of rotatable bonds is 2. The number of nitrogens with zero attached hydrogens (tertiary/aromatic N) is 4. The number of hydrogen-bond acceptors (Lipinski definition) is 6. The molecule has 3 aromatic carbocycles. The zero-order chi connectivity index (χ0) is 23.5. The molecule has 7 nitrogen and oxygen atoms in total. The number of hydrogen-bond donors (Lipinski definition) is 0. The van der Waals surface area contributed by atoms with E-state index >= 15 is 0 Å². The van der Waals surface area contributed by atoms with Gasteiger partial charge >= 0.3 is 5.63 Å². The molecule has 35 heavy (non-hydrogen) atoms. The van der Waals surface area contributed by atoms with Gasteiger partial charge in [0.15, 0.2) is 17.2 Å². The summed E-state index contributed by atoms with van der Waals surface area (Å²) in [5.41, 5.74) is 2.94. The summed E-state index contributed by atoms with van der Waals surface area (Å²) in [6.07, 6.45) is 1.52. The number of para-hydroxylation sites is 1. The molecule has 0 aliphatic carbocycles. The van der Waals surface area contributed by atoms with E-state index in [2.05, 4.69) is 10.1 Å². The predicted octanol–water partition coefficient (Wildman–Crippen LogP) is 5.32. The van der Waals surface area contributed by atoms with Gasteiger partial charge in [-0.1, -0.05) is 42.5 Å². The Kier molecular flexibility index (Phi) is 4.10. The van der Waals surface area contributed by atoms with Crippen molar-refractivity contribution in [3.8, 4) is 23.0 Å². The molecule has 0 bridgehead atoms. The Bertz CT molecular complexity index is 1810. The highest BCUT2D eigenvalue weighted by Gasteiger charge is 2.37. The van der Waals surface area contributed by atoms with E-state index in [0.29, 0.717) is 50.8 Å². The van der Waals surface area contributed by atoms with E-state index in [9.17, 15) is 9.18 Å². The third kappa shape index (κ3) is 2.96. The van der Waals surface area contributed by atoms with E-state index in [1.165, 1.54) is 18.5 Å². The van der Waals surface area contributed by atoms with E-state index in [1.54, 1.807) is 28.8 Å². The molecule has 1 unspecified atom stereocenters. The minimum atomic E-state index is -0.544. The summed E-state index contributed by atoms with van der Waals surface area (Å²) >= 11 is 0. The Hall–Kier alpha value is -4.85. The van der Waals surface area contributed by atoms with Crippen LogP contribution in [-0.2, 0) is 0 Å². The van der Waals surface area contributed by atoms with E-state index < -0.39 is 11.5 Å². The minimum absolute atomic E-state index is 0.340. The van der Waals surface area contributed by atoms with Gasteiger partial charge in [-0.3, -0.25) is 0 Å². The van der Waals surface area contributed by atoms with Crippen molar-refractivity contribution < 1.29 is 13.5 Å². The Labute approximate surface area is 197 Å². The van der Waals surface area contributed by atoms with Gasteiger partial charge in [0.2, 0.25) is 5.88 Å². The number of ether oxygens (including phenoxy) is 1. The molecule has 1 aliphatic heterocycles. The minimum Gasteiger partial charge on any atom is -0.437 e. The summed E-state index contributed by atoms with van der Waals surface area (Å²) in [5.74, 6) is 0.284. The van der Waals surface area contributed by atoms with E-state index in [4.69, 9.17) is 14.1 Å². The first-order valence-electron chi connectivity index (χ1n) is 11.0. The highest BCUT2D eigenvalue weighted by molar-refractivity contribution is 5.86. The Morgan fingerprint density at radius 2 is 1.66 bits per heavy atom. The maximum Gasteiger partial charge on any atom is 0.344 e. The lowest BCUT2D eigenvalue weighted by Crippen LogP contribution is -2.22. The summed E-state index contributed by atoms with van der Waals surface area (Å²) in [4.78, 5) is 22.6. The molecule has 0 saturated heterocycles. The van der Waals surface area contributed by atoms with Crippen molar-refractivity contribution in [1.82, 2.24) is 19.6 Å². The molecule has 0 N–H and O–H groups in total. The van der Waals surface area contributed by atoms with Crippen LogP contribution in [-0.4, -0.2) is 19.6 Å². The van der Waals surface area contributed by atoms with E-state index in [0.717, 1.165) is 5.56 Å². The molecule has 6 aromatic rings. The lowest BCUT2D eigenvalue weighted by molar-refractivity contribution is 0.422. The topological polar surface area (TPSA) is 82.5 Å². The van der Waals surface area contributed by atoms with E-state index in [-0.39, 0.29) is 5.82 Å². The second-order valence-electron chi connectivity index (χ2n) is 8.25. The summed E-state index contributed by atoms with van der Waals surface area (Å²) < 4.78 is 26.9. The van der Waals surface area contributed by atoms with Gasteiger partial charge in [-0.05, 0) is 42.0 Å². The van der Waals surface area contributed by atoms with E-state index in [1.807, 2.05) is 42.5 Å². The molecule has 1 aliphatic rings. The van der Waals surface area contributed by atoms with Crippen LogP contribution in [0.3, 0.4) is 0 Å². The first-order chi connectivity index (χ1) is 17.2. The highest BCUT2D eigenvalue weighted by Crippen LogP contribution is 2.48. The van der Waals surface area contributed by atoms with Gasteiger partial charge in [0.1, 0.15) is 17.7 Å². The fourth-order valence-corrected chi connectivity index (χ4v) is 4.63. The van der Waals surface area contributed by atoms with Gasteiger partial charge in [-0.15, -0.1) is 5.10 Å². The third-order valence-corrected chi connectivity index (χ3v) is 6.20. The van der Waals surface area contributed by atoms with Gasteiger partial charge in [0, 0.05) is 5.56 Å².